The summed E-state index contributed by atoms with van der Waals surface area (Å²) in [5.41, 5.74) is 3.59. The molecule has 0 radical (unpaired) electrons. The van der Waals surface area contributed by atoms with Gasteiger partial charge in [-0.25, -0.2) is 0 Å². The van der Waals surface area contributed by atoms with Crippen LogP contribution in [0.3, 0.4) is 0 Å². The smallest absolute Gasteiger partial charge is 0.251 e. The Morgan fingerprint density at radius 1 is 1.14 bits per heavy atom. The molecule has 146 valence electrons. The summed E-state index contributed by atoms with van der Waals surface area (Å²) in [7, 11) is 0. The third kappa shape index (κ3) is 4.93. The minimum absolute atomic E-state index is 0.158. The quantitative estimate of drug-likeness (QED) is 0.603. The number of nitrogens with zero attached hydrogens (tertiary/aromatic N) is 2. The van der Waals surface area contributed by atoms with Gasteiger partial charge >= 0.3 is 0 Å². The van der Waals surface area contributed by atoms with Crippen LogP contribution in [0.25, 0.3) is 0 Å². The van der Waals surface area contributed by atoms with Gasteiger partial charge in [0.2, 0.25) is 0 Å². The SMILES string of the molecule is CCc1ccc(OCc2cccc(C(=O)NCc3c(Cl)cnn3CC)c2)cc1. The molecule has 0 saturated carbocycles. The molecule has 1 aromatic heterocycles. The third-order valence-corrected chi connectivity index (χ3v) is 4.86. The van der Waals surface area contributed by atoms with E-state index >= 15 is 0 Å². The van der Waals surface area contributed by atoms with Gasteiger partial charge in [-0.05, 0) is 48.7 Å². The van der Waals surface area contributed by atoms with Crippen LogP contribution in [0.15, 0.2) is 54.7 Å². The molecule has 3 rings (SSSR count). The summed E-state index contributed by atoms with van der Waals surface area (Å²) in [6.07, 6.45) is 2.60. The molecule has 0 aliphatic heterocycles. The van der Waals surface area contributed by atoms with Gasteiger partial charge in [0.1, 0.15) is 12.4 Å². The lowest BCUT2D eigenvalue weighted by molar-refractivity contribution is 0.0949. The van der Waals surface area contributed by atoms with E-state index in [-0.39, 0.29) is 5.91 Å². The van der Waals surface area contributed by atoms with E-state index in [1.165, 1.54) is 5.56 Å². The lowest BCUT2D eigenvalue weighted by Gasteiger charge is -2.10. The number of rotatable bonds is 8. The summed E-state index contributed by atoms with van der Waals surface area (Å²) < 4.78 is 7.60. The van der Waals surface area contributed by atoms with E-state index in [9.17, 15) is 4.79 Å². The van der Waals surface area contributed by atoms with Crippen molar-refractivity contribution in [1.82, 2.24) is 15.1 Å². The Morgan fingerprint density at radius 2 is 1.93 bits per heavy atom. The van der Waals surface area contributed by atoms with Crippen molar-refractivity contribution in [2.45, 2.75) is 40.0 Å². The van der Waals surface area contributed by atoms with Crippen molar-refractivity contribution in [3.63, 3.8) is 0 Å². The van der Waals surface area contributed by atoms with Gasteiger partial charge in [-0.3, -0.25) is 9.48 Å². The molecule has 3 aromatic rings. The van der Waals surface area contributed by atoms with E-state index in [2.05, 4.69) is 29.5 Å². The summed E-state index contributed by atoms with van der Waals surface area (Å²) >= 11 is 6.15. The average Bonchev–Trinajstić information content (AvgIpc) is 3.10. The molecule has 0 saturated heterocycles. The molecule has 0 spiro atoms. The predicted molar refractivity (Wildman–Crippen MR) is 111 cm³/mol. The number of carbonyl (C=O) groups excluding carboxylic acids is 1. The summed E-state index contributed by atoms with van der Waals surface area (Å²) in [5.74, 6) is 0.656. The molecule has 6 heteroatoms. The first-order valence-electron chi connectivity index (χ1n) is 9.39. The number of ether oxygens (including phenoxy) is 1. The first-order valence-corrected chi connectivity index (χ1v) is 9.77. The zero-order chi connectivity index (χ0) is 19.9. The van der Waals surface area contributed by atoms with Gasteiger partial charge in [0.25, 0.3) is 5.91 Å². The number of benzene rings is 2. The molecule has 28 heavy (non-hydrogen) atoms. The molecule has 0 aliphatic carbocycles. The van der Waals surface area contributed by atoms with Crippen molar-refractivity contribution in [2.24, 2.45) is 0 Å². The van der Waals surface area contributed by atoms with Gasteiger partial charge in [0, 0.05) is 12.1 Å². The van der Waals surface area contributed by atoms with Crippen LogP contribution in [0.1, 0.15) is 41.0 Å². The summed E-state index contributed by atoms with van der Waals surface area (Å²) in [6.45, 7) is 5.53. The zero-order valence-electron chi connectivity index (χ0n) is 16.1. The molecule has 0 unspecified atom stereocenters. The van der Waals surface area contributed by atoms with Crippen molar-refractivity contribution >= 4 is 17.5 Å². The highest BCUT2D eigenvalue weighted by atomic mass is 35.5. The van der Waals surface area contributed by atoms with E-state index in [0.717, 1.165) is 23.4 Å². The summed E-state index contributed by atoms with van der Waals surface area (Å²) in [6, 6.07) is 15.5. The average molecular weight is 398 g/mol. The Morgan fingerprint density at radius 3 is 2.64 bits per heavy atom. The fraction of sp³-hybridized carbons (Fsp3) is 0.273. The van der Waals surface area contributed by atoms with Crippen LogP contribution in [-0.2, 0) is 26.1 Å². The van der Waals surface area contributed by atoms with Gasteiger partial charge in [0.05, 0.1) is 23.5 Å². The van der Waals surface area contributed by atoms with Crippen molar-refractivity contribution in [2.75, 3.05) is 0 Å². The second kappa shape index (κ2) is 9.42. The maximum absolute atomic E-state index is 12.5. The first-order chi connectivity index (χ1) is 13.6. The molecular weight excluding hydrogens is 374 g/mol. The first kappa shape index (κ1) is 20.0. The van der Waals surface area contributed by atoms with Gasteiger partial charge < -0.3 is 10.1 Å². The molecular formula is C22H24ClN3O2. The predicted octanol–water partition coefficient (Wildman–Crippen LogP) is 4.63. The van der Waals surface area contributed by atoms with Crippen LogP contribution in [0, 0.1) is 0 Å². The largest absolute Gasteiger partial charge is 0.489 e. The lowest BCUT2D eigenvalue weighted by atomic mass is 10.1. The normalized spacial score (nSPS) is 10.7. The lowest BCUT2D eigenvalue weighted by Crippen LogP contribution is -2.24. The van der Waals surface area contributed by atoms with Crippen LogP contribution in [0.5, 0.6) is 5.75 Å². The Balaban J connectivity index is 1.60. The fourth-order valence-electron chi connectivity index (χ4n) is 2.89. The number of nitrogens with one attached hydrogen (secondary N) is 1. The number of hydrogen-bond acceptors (Lipinski definition) is 3. The van der Waals surface area contributed by atoms with E-state index in [1.807, 2.05) is 37.3 Å². The Bertz CT molecular complexity index is 935. The van der Waals surface area contributed by atoms with Crippen LogP contribution < -0.4 is 10.1 Å². The van der Waals surface area contributed by atoms with Gasteiger partial charge in [0.15, 0.2) is 0 Å². The summed E-state index contributed by atoms with van der Waals surface area (Å²) in [5, 5.41) is 7.64. The van der Waals surface area contributed by atoms with E-state index in [1.54, 1.807) is 16.9 Å². The van der Waals surface area contributed by atoms with Crippen molar-refractivity contribution < 1.29 is 9.53 Å². The number of hydrogen-bond donors (Lipinski definition) is 1. The van der Waals surface area contributed by atoms with Crippen LogP contribution in [-0.4, -0.2) is 15.7 Å². The molecule has 5 nitrogen and oxygen atoms in total. The monoisotopic (exact) mass is 397 g/mol. The Hall–Kier alpha value is -2.79. The highest BCUT2D eigenvalue weighted by Gasteiger charge is 2.11. The molecule has 2 aromatic carbocycles. The van der Waals surface area contributed by atoms with Gasteiger partial charge in [-0.1, -0.05) is 42.8 Å². The topological polar surface area (TPSA) is 56.1 Å². The molecule has 0 fully saturated rings. The number of amides is 1. The van der Waals surface area contributed by atoms with E-state index in [4.69, 9.17) is 16.3 Å². The molecule has 0 aliphatic rings. The maximum atomic E-state index is 12.5. The second-order valence-electron chi connectivity index (χ2n) is 6.42. The third-order valence-electron chi connectivity index (χ3n) is 4.54. The highest BCUT2D eigenvalue weighted by Crippen LogP contribution is 2.16. The highest BCUT2D eigenvalue weighted by molar-refractivity contribution is 6.31. The second-order valence-corrected chi connectivity index (χ2v) is 6.83. The van der Waals surface area contributed by atoms with Crippen LogP contribution in [0.2, 0.25) is 5.02 Å². The molecule has 0 bridgehead atoms. The van der Waals surface area contributed by atoms with Crippen molar-refractivity contribution in [3.05, 3.63) is 82.1 Å². The van der Waals surface area contributed by atoms with E-state index in [0.29, 0.717) is 30.3 Å². The summed E-state index contributed by atoms with van der Waals surface area (Å²) in [4.78, 5) is 12.5. The maximum Gasteiger partial charge on any atom is 0.251 e. The number of aryl methyl sites for hydroxylation is 2. The van der Waals surface area contributed by atoms with Crippen molar-refractivity contribution in [3.8, 4) is 5.75 Å². The van der Waals surface area contributed by atoms with Crippen LogP contribution in [0.4, 0.5) is 0 Å². The molecule has 0 atom stereocenters. The Labute approximate surface area is 170 Å². The Kier molecular flexibility index (Phi) is 6.71. The van der Waals surface area contributed by atoms with E-state index < -0.39 is 0 Å². The van der Waals surface area contributed by atoms with Gasteiger partial charge in [-0.15, -0.1) is 0 Å². The van der Waals surface area contributed by atoms with Crippen LogP contribution >= 0.6 is 11.6 Å². The minimum atomic E-state index is -0.158. The standard InChI is InChI=1S/C22H24ClN3O2/c1-3-16-8-10-19(11-9-16)28-15-17-6-5-7-18(12-17)22(27)24-14-21-20(23)13-25-26(21)4-2/h5-13H,3-4,14-15H2,1-2H3,(H,24,27). The minimum Gasteiger partial charge on any atom is -0.489 e. The number of aromatic nitrogens is 2. The fourth-order valence-corrected chi connectivity index (χ4v) is 3.10. The van der Waals surface area contributed by atoms with Crippen molar-refractivity contribution in [1.29, 1.82) is 0 Å². The number of carbonyl (C=O) groups is 1. The molecule has 1 heterocycles. The van der Waals surface area contributed by atoms with Gasteiger partial charge in [-0.2, -0.15) is 5.10 Å². The number of halogens is 1. The molecule has 1 amide bonds. The molecule has 1 N–H and O–H groups in total. The zero-order valence-corrected chi connectivity index (χ0v) is 16.9.